The Morgan fingerprint density at radius 2 is 1.48 bits per heavy atom. The van der Waals surface area contributed by atoms with Gasteiger partial charge in [0, 0.05) is 16.5 Å². The number of hydrogen-bond donors (Lipinski definition) is 0. The van der Waals surface area contributed by atoms with Crippen molar-refractivity contribution in [2.45, 2.75) is 12.8 Å². The molecule has 0 saturated carbocycles. The van der Waals surface area contributed by atoms with E-state index in [1.807, 2.05) is 0 Å². The number of hydrogen-bond acceptors (Lipinski definition) is 0. The molecule has 0 saturated heterocycles. The van der Waals surface area contributed by atoms with E-state index in [4.69, 9.17) is 0 Å². The largest absolute Gasteiger partial charge is 0.309 e. The van der Waals surface area contributed by atoms with Gasteiger partial charge in [0.25, 0.3) is 0 Å². The average molecular weight is 321 g/mol. The first-order valence-corrected chi connectivity index (χ1v) is 8.87. The summed E-state index contributed by atoms with van der Waals surface area (Å²) in [6, 6.07) is 26.2. The van der Waals surface area contributed by atoms with Gasteiger partial charge in [-0.25, -0.2) is 0 Å². The highest BCUT2D eigenvalue weighted by Crippen LogP contribution is 2.34. The van der Waals surface area contributed by atoms with Gasteiger partial charge in [0.2, 0.25) is 0 Å². The van der Waals surface area contributed by atoms with Gasteiger partial charge in [-0.05, 0) is 54.3 Å². The van der Waals surface area contributed by atoms with Crippen LogP contribution in [0.4, 0.5) is 0 Å². The summed E-state index contributed by atoms with van der Waals surface area (Å²) in [5.41, 5.74) is 6.37. The molecular weight excluding hydrogens is 302 g/mol. The lowest BCUT2D eigenvalue weighted by Gasteiger charge is -2.09. The second-order valence-corrected chi connectivity index (χ2v) is 6.56. The van der Waals surface area contributed by atoms with Crippen molar-refractivity contribution in [1.29, 1.82) is 0 Å². The standard InChI is InChI=1S/C24H19N/c1-3-9-18(10-4-1)19-15-16-24-22(17-19)21-13-7-8-14-23(21)25(24)20-11-5-2-6-12-20/h2-3,5-17H,1,4H2. The Hall–Kier alpha value is -3.06. The van der Waals surface area contributed by atoms with Crippen molar-refractivity contribution >= 4 is 27.4 Å². The van der Waals surface area contributed by atoms with E-state index < -0.39 is 0 Å². The van der Waals surface area contributed by atoms with Crippen LogP contribution in [0.5, 0.6) is 0 Å². The molecule has 0 radical (unpaired) electrons. The number of fused-ring (bicyclic) bond motifs is 3. The molecule has 0 N–H and O–H groups in total. The Morgan fingerprint density at radius 1 is 0.680 bits per heavy atom. The molecule has 0 unspecified atom stereocenters. The number of aromatic nitrogens is 1. The minimum Gasteiger partial charge on any atom is -0.309 e. The summed E-state index contributed by atoms with van der Waals surface area (Å²) in [5.74, 6) is 0. The van der Waals surface area contributed by atoms with Crippen LogP contribution in [0.15, 0.2) is 91.0 Å². The summed E-state index contributed by atoms with van der Waals surface area (Å²) >= 11 is 0. The molecule has 1 heteroatoms. The Balaban J connectivity index is 1.83. The number of nitrogens with zero attached hydrogens (tertiary/aromatic N) is 1. The van der Waals surface area contributed by atoms with Crippen LogP contribution < -0.4 is 0 Å². The van der Waals surface area contributed by atoms with E-state index >= 15 is 0 Å². The van der Waals surface area contributed by atoms with Crippen molar-refractivity contribution in [3.05, 3.63) is 96.6 Å². The SMILES string of the molecule is C1=CC(c2ccc3c(c2)c2ccccc2n3-c2ccccc2)=CCC1. The van der Waals surface area contributed by atoms with E-state index in [1.165, 1.54) is 38.6 Å². The average Bonchev–Trinajstić information content (AvgIpc) is 3.03. The molecule has 0 atom stereocenters. The van der Waals surface area contributed by atoms with Crippen LogP contribution in [0.25, 0.3) is 33.1 Å². The van der Waals surface area contributed by atoms with Gasteiger partial charge in [-0.15, -0.1) is 0 Å². The zero-order chi connectivity index (χ0) is 16.6. The zero-order valence-corrected chi connectivity index (χ0v) is 14.0. The number of rotatable bonds is 2. The smallest absolute Gasteiger partial charge is 0.0541 e. The van der Waals surface area contributed by atoms with E-state index in [0.29, 0.717) is 0 Å². The zero-order valence-electron chi connectivity index (χ0n) is 14.0. The van der Waals surface area contributed by atoms with Crippen molar-refractivity contribution in [2.75, 3.05) is 0 Å². The van der Waals surface area contributed by atoms with Crippen LogP contribution >= 0.6 is 0 Å². The molecule has 4 aromatic rings. The molecule has 0 fully saturated rings. The Morgan fingerprint density at radius 3 is 2.32 bits per heavy atom. The normalized spacial score (nSPS) is 14.2. The van der Waals surface area contributed by atoms with Gasteiger partial charge in [0.1, 0.15) is 0 Å². The summed E-state index contributed by atoms with van der Waals surface area (Å²) in [5, 5.41) is 2.63. The second kappa shape index (κ2) is 5.78. The topological polar surface area (TPSA) is 4.93 Å². The Bertz CT molecular complexity index is 1130. The van der Waals surface area contributed by atoms with Crippen LogP contribution in [0, 0.1) is 0 Å². The molecule has 5 rings (SSSR count). The monoisotopic (exact) mass is 321 g/mol. The molecule has 25 heavy (non-hydrogen) atoms. The number of benzene rings is 3. The van der Waals surface area contributed by atoms with Gasteiger partial charge in [0.05, 0.1) is 11.0 Å². The fourth-order valence-electron chi connectivity index (χ4n) is 3.84. The third-order valence-electron chi connectivity index (χ3n) is 5.02. The predicted octanol–water partition coefficient (Wildman–Crippen LogP) is 6.52. The molecule has 0 amide bonds. The quantitative estimate of drug-likeness (QED) is 0.396. The van der Waals surface area contributed by atoms with Gasteiger partial charge in [-0.1, -0.05) is 60.7 Å². The first-order valence-electron chi connectivity index (χ1n) is 8.87. The lowest BCUT2D eigenvalue weighted by molar-refractivity contribution is 1.04. The van der Waals surface area contributed by atoms with Crippen LogP contribution in [0.2, 0.25) is 0 Å². The third kappa shape index (κ3) is 2.32. The summed E-state index contributed by atoms with van der Waals surface area (Å²) in [4.78, 5) is 0. The molecule has 0 bridgehead atoms. The summed E-state index contributed by atoms with van der Waals surface area (Å²) in [6.07, 6.45) is 9.15. The van der Waals surface area contributed by atoms with Gasteiger partial charge in [-0.3, -0.25) is 0 Å². The van der Waals surface area contributed by atoms with Crippen molar-refractivity contribution in [3.8, 4) is 5.69 Å². The van der Waals surface area contributed by atoms with E-state index in [0.717, 1.165) is 12.8 Å². The number of para-hydroxylation sites is 2. The van der Waals surface area contributed by atoms with Crippen LogP contribution in [-0.4, -0.2) is 4.57 Å². The molecule has 1 aromatic heterocycles. The van der Waals surface area contributed by atoms with Gasteiger partial charge < -0.3 is 4.57 Å². The summed E-state index contributed by atoms with van der Waals surface area (Å²) < 4.78 is 2.36. The molecule has 120 valence electrons. The van der Waals surface area contributed by atoms with Gasteiger partial charge in [-0.2, -0.15) is 0 Å². The fourth-order valence-corrected chi connectivity index (χ4v) is 3.84. The highest BCUT2D eigenvalue weighted by atomic mass is 15.0. The second-order valence-electron chi connectivity index (χ2n) is 6.56. The maximum atomic E-state index is 2.36. The maximum absolute atomic E-state index is 2.36. The van der Waals surface area contributed by atoms with Gasteiger partial charge >= 0.3 is 0 Å². The molecular formula is C24H19N. The molecule has 0 spiro atoms. The Kier molecular flexibility index (Phi) is 3.31. The van der Waals surface area contributed by atoms with E-state index in [9.17, 15) is 0 Å². The van der Waals surface area contributed by atoms with Crippen molar-refractivity contribution in [3.63, 3.8) is 0 Å². The molecule has 1 aliphatic rings. The highest BCUT2D eigenvalue weighted by molar-refractivity contribution is 6.10. The predicted molar refractivity (Wildman–Crippen MR) is 107 cm³/mol. The first kappa shape index (κ1) is 14.3. The maximum Gasteiger partial charge on any atom is 0.0541 e. The van der Waals surface area contributed by atoms with E-state index in [-0.39, 0.29) is 0 Å². The van der Waals surface area contributed by atoms with E-state index in [1.54, 1.807) is 0 Å². The minimum absolute atomic E-state index is 1.13. The van der Waals surface area contributed by atoms with Crippen molar-refractivity contribution in [2.24, 2.45) is 0 Å². The fraction of sp³-hybridized carbons (Fsp3) is 0.0833. The summed E-state index contributed by atoms with van der Waals surface area (Å²) in [7, 11) is 0. The van der Waals surface area contributed by atoms with Crippen molar-refractivity contribution in [1.82, 2.24) is 4.57 Å². The Labute approximate surface area is 147 Å². The van der Waals surface area contributed by atoms with Crippen LogP contribution in [-0.2, 0) is 0 Å². The van der Waals surface area contributed by atoms with Gasteiger partial charge in [0.15, 0.2) is 0 Å². The first-order chi connectivity index (χ1) is 12.4. The molecule has 1 heterocycles. The minimum atomic E-state index is 1.13. The molecule has 3 aromatic carbocycles. The van der Waals surface area contributed by atoms with Crippen LogP contribution in [0.1, 0.15) is 18.4 Å². The molecule has 1 nitrogen and oxygen atoms in total. The lowest BCUT2D eigenvalue weighted by Crippen LogP contribution is -1.93. The van der Waals surface area contributed by atoms with E-state index in [2.05, 4.69) is 95.6 Å². The van der Waals surface area contributed by atoms with Crippen molar-refractivity contribution < 1.29 is 0 Å². The lowest BCUT2D eigenvalue weighted by atomic mass is 9.98. The molecule has 0 aliphatic heterocycles. The molecule has 1 aliphatic carbocycles. The summed E-state index contributed by atoms with van der Waals surface area (Å²) in [6.45, 7) is 0. The highest BCUT2D eigenvalue weighted by Gasteiger charge is 2.13. The number of allylic oxidation sites excluding steroid dienone is 4. The van der Waals surface area contributed by atoms with Crippen LogP contribution in [0.3, 0.4) is 0 Å². The third-order valence-corrected chi connectivity index (χ3v) is 5.02.